The quantitative estimate of drug-likeness (QED) is 0.753. The molecule has 1 heterocycles. The van der Waals surface area contributed by atoms with E-state index in [9.17, 15) is 4.79 Å². The molecule has 0 aromatic heterocycles. The molecule has 0 aliphatic carbocycles. The van der Waals surface area contributed by atoms with Crippen molar-refractivity contribution in [3.8, 4) is 0 Å². The lowest BCUT2D eigenvalue weighted by Gasteiger charge is -2.31. The van der Waals surface area contributed by atoms with Crippen molar-refractivity contribution in [3.63, 3.8) is 0 Å². The van der Waals surface area contributed by atoms with Crippen LogP contribution in [0.1, 0.15) is 16.8 Å². The van der Waals surface area contributed by atoms with Gasteiger partial charge in [0, 0.05) is 13.1 Å². The molecule has 1 aliphatic rings. The van der Waals surface area contributed by atoms with Gasteiger partial charge in [-0.15, -0.1) is 5.06 Å². The smallest absolute Gasteiger partial charge is 0.357 e. The molecule has 1 saturated heterocycles. The summed E-state index contributed by atoms with van der Waals surface area (Å²) in [6.45, 7) is 2.54. The monoisotopic (exact) mass is 220 g/mol. The highest BCUT2D eigenvalue weighted by molar-refractivity contribution is 5.89. The Morgan fingerprint density at radius 3 is 2.69 bits per heavy atom. The van der Waals surface area contributed by atoms with Crippen LogP contribution in [0.15, 0.2) is 30.3 Å². The summed E-state index contributed by atoms with van der Waals surface area (Å²) < 4.78 is 0. The molecule has 86 valence electrons. The summed E-state index contributed by atoms with van der Waals surface area (Å²) in [6.07, 6.45) is 1.03. The maximum atomic E-state index is 11.7. The Labute approximate surface area is 95.4 Å². The standard InChI is InChI=1S/C12H16N2O2/c1-13-8-5-9-14(10-13)16-12(15)11-6-3-2-4-7-11/h2-4,6-7H,5,8-10H2,1H3. The van der Waals surface area contributed by atoms with Gasteiger partial charge in [-0.3, -0.25) is 4.90 Å². The lowest BCUT2D eigenvalue weighted by molar-refractivity contribution is -0.148. The van der Waals surface area contributed by atoms with Crippen molar-refractivity contribution >= 4 is 5.97 Å². The fourth-order valence-corrected chi connectivity index (χ4v) is 1.75. The van der Waals surface area contributed by atoms with E-state index in [-0.39, 0.29) is 5.97 Å². The first-order valence-corrected chi connectivity index (χ1v) is 5.46. The molecule has 2 rings (SSSR count). The van der Waals surface area contributed by atoms with Gasteiger partial charge in [0.1, 0.15) is 0 Å². The lowest BCUT2D eigenvalue weighted by Crippen LogP contribution is -2.43. The third kappa shape index (κ3) is 2.81. The van der Waals surface area contributed by atoms with Gasteiger partial charge in [-0.2, -0.15) is 0 Å². The third-order valence-electron chi connectivity index (χ3n) is 2.57. The minimum Gasteiger partial charge on any atom is -0.363 e. The summed E-state index contributed by atoms with van der Waals surface area (Å²) >= 11 is 0. The zero-order valence-corrected chi connectivity index (χ0v) is 9.43. The largest absolute Gasteiger partial charge is 0.363 e. The molecule has 0 radical (unpaired) electrons. The van der Waals surface area contributed by atoms with Crippen molar-refractivity contribution in [2.45, 2.75) is 6.42 Å². The number of benzene rings is 1. The molecule has 0 saturated carbocycles. The van der Waals surface area contributed by atoms with E-state index >= 15 is 0 Å². The second kappa shape index (κ2) is 5.09. The molecule has 4 nitrogen and oxygen atoms in total. The molecule has 1 fully saturated rings. The van der Waals surface area contributed by atoms with Crippen molar-refractivity contribution in [1.82, 2.24) is 9.96 Å². The van der Waals surface area contributed by atoms with Crippen LogP contribution < -0.4 is 0 Å². The summed E-state index contributed by atoms with van der Waals surface area (Å²) in [4.78, 5) is 19.2. The number of rotatable bonds is 2. The van der Waals surface area contributed by atoms with E-state index in [1.807, 2.05) is 25.2 Å². The minimum atomic E-state index is -0.282. The van der Waals surface area contributed by atoms with E-state index in [2.05, 4.69) is 4.90 Å². The average molecular weight is 220 g/mol. The van der Waals surface area contributed by atoms with E-state index < -0.39 is 0 Å². The summed E-state index contributed by atoms with van der Waals surface area (Å²) in [6, 6.07) is 9.06. The summed E-state index contributed by atoms with van der Waals surface area (Å²) in [5.74, 6) is -0.282. The summed E-state index contributed by atoms with van der Waals surface area (Å²) in [5.41, 5.74) is 0.593. The number of hydrogen-bond donors (Lipinski definition) is 0. The fraction of sp³-hybridized carbons (Fsp3) is 0.417. The molecule has 0 spiro atoms. The highest BCUT2D eigenvalue weighted by atomic mass is 16.7. The topological polar surface area (TPSA) is 32.8 Å². The first kappa shape index (κ1) is 11.1. The molecule has 1 aromatic carbocycles. The van der Waals surface area contributed by atoms with Crippen LogP contribution in [0.25, 0.3) is 0 Å². The third-order valence-corrected chi connectivity index (χ3v) is 2.57. The molecule has 1 aliphatic heterocycles. The number of carbonyl (C=O) groups excluding carboxylic acids is 1. The fourth-order valence-electron chi connectivity index (χ4n) is 1.75. The maximum absolute atomic E-state index is 11.7. The summed E-state index contributed by atoms with van der Waals surface area (Å²) in [7, 11) is 2.02. The van der Waals surface area contributed by atoms with Crippen LogP contribution >= 0.6 is 0 Å². The molecule has 0 atom stereocenters. The Bertz CT molecular complexity index is 353. The SMILES string of the molecule is CN1CCCN(OC(=O)c2ccccc2)C1. The minimum absolute atomic E-state index is 0.282. The highest BCUT2D eigenvalue weighted by Crippen LogP contribution is 2.08. The lowest BCUT2D eigenvalue weighted by atomic mass is 10.2. The van der Waals surface area contributed by atoms with E-state index in [4.69, 9.17) is 4.84 Å². The Kier molecular flexibility index (Phi) is 3.54. The van der Waals surface area contributed by atoms with Crippen LogP contribution in [-0.4, -0.2) is 42.7 Å². The van der Waals surface area contributed by atoms with Crippen molar-refractivity contribution < 1.29 is 9.63 Å². The molecular formula is C12H16N2O2. The summed E-state index contributed by atoms with van der Waals surface area (Å²) in [5, 5.41) is 1.71. The molecule has 0 unspecified atom stereocenters. The average Bonchev–Trinajstić information content (AvgIpc) is 2.30. The number of nitrogens with zero attached hydrogens (tertiary/aromatic N) is 2. The first-order valence-electron chi connectivity index (χ1n) is 5.46. The zero-order valence-electron chi connectivity index (χ0n) is 9.43. The van der Waals surface area contributed by atoms with Crippen LogP contribution in [-0.2, 0) is 4.84 Å². The van der Waals surface area contributed by atoms with Crippen molar-refractivity contribution in [2.24, 2.45) is 0 Å². The van der Waals surface area contributed by atoms with Gasteiger partial charge in [0.05, 0.1) is 12.2 Å². The van der Waals surface area contributed by atoms with Gasteiger partial charge in [0.2, 0.25) is 0 Å². The predicted octanol–water partition coefficient (Wildman–Crippen LogP) is 1.35. The highest BCUT2D eigenvalue weighted by Gasteiger charge is 2.18. The van der Waals surface area contributed by atoms with Gasteiger partial charge in [0.15, 0.2) is 0 Å². The number of carbonyl (C=O) groups is 1. The predicted molar refractivity (Wildman–Crippen MR) is 60.7 cm³/mol. The molecule has 4 heteroatoms. The van der Waals surface area contributed by atoms with E-state index in [0.29, 0.717) is 12.2 Å². The van der Waals surface area contributed by atoms with Crippen molar-refractivity contribution in [1.29, 1.82) is 0 Å². The van der Waals surface area contributed by atoms with Gasteiger partial charge in [-0.05, 0) is 25.6 Å². The molecule has 0 N–H and O–H groups in total. The Morgan fingerprint density at radius 2 is 2.00 bits per heavy atom. The molecular weight excluding hydrogens is 204 g/mol. The van der Waals surface area contributed by atoms with Crippen LogP contribution in [0.3, 0.4) is 0 Å². The van der Waals surface area contributed by atoms with E-state index in [1.54, 1.807) is 17.2 Å². The van der Waals surface area contributed by atoms with Crippen molar-refractivity contribution in [2.75, 3.05) is 26.8 Å². The van der Waals surface area contributed by atoms with Gasteiger partial charge in [-0.1, -0.05) is 18.2 Å². The number of hydroxylamine groups is 2. The van der Waals surface area contributed by atoms with Crippen LogP contribution in [0.5, 0.6) is 0 Å². The van der Waals surface area contributed by atoms with Gasteiger partial charge >= 0.3 is 5.97 Å². The number of hydrogen-bond acceptors (Lipinski definition) is 4. The Hall–Kier alpha value is -1.39. The van der Waals surface area contributed by atoms with Gasteiger partial charge in [-0.25, -0.2) is 4.79 Å². The Morgan fingerprint density at radius 1 is 1.25 bits per heavy atom. The van der Waals surface area contributed by atoms with E-state index in [0.717, 1.165) is 19.5 Å². The Balaban J connectivity index is 1.92. The normalized spacial score (nSPS) is 18.3. The van der Waals surface area contributed by atoms with Gasteiger partial charge < -0.3 is 4.84 Å². The molecule has 16 heavy (non-hydrogen) atoms. The van der Waals surface area contributed by atoms with Crippen molar-refractivity contribution in [3.05, 3.63) is 35.9 Å². The molecule has 1 aromatic rings. The van der Waals surface area contributed by atoms with Crippen LogP contribution in [0.4, 0.5) is 0 Å². The van der Waals surface area contributed by atoms with E-state index in [1.165, 1.54) is 0 Å². The zero-order chi connectivity index (χ0) is 11.4. The van der Waals surface area contributed by atoms with Crippen LogP contribution in [0, 0.1) is 0 Å². The second-order valence-electron chi connectivity index (χ2n) is 4.02. The maximum Gasteiger partial charge on any atom is 0.357 e. The van der Waals surface area contributed by atoms with Crippen LogP contribution in [0.2, 0.25) is 0 Å². The first-order chi connectivity index (χ1) is 7.75. The van der Waals surface area contributed by atoms with Gasteiger partial charge in [0.25, 0.3) is 0 Å². The molecule has 0 bridgehead atoms. The molecule has 0 amide bonds. The second-order valence-corrected chi connectivity index (χ2v) is 4.02.